The van der Waals surface area contributed by atoms with Crippen molar-refractivity contribution in [2.75, 3.05) is 0 Å². The van der Waals surface area contributed by atoms with E-state index in [1.807, 2.05) is 24.4 Å². The highest BCUT2D eigenvalue weighted by molar-refractivity contribution is 7.09. The molecular formula is C15H12N4OS. The molecule has 6 heteroatoms. The minimum atomic E-state index is -0.0195. The van der Waals surface area contributed by atoms with Crippen molar-refractivity contribution < 1.29 is 0 Å². The minimum absolute atomic E-state index is 0.0195. The van der Waals surface area contributed by atoms with E-state index in [0.717, 1.165) is 17.6 Å². The first-order valence-electron chi connectivity index (χ1n) is 6.67. The van der Waals surface area contributed by atoms with Crippen LogP contribution in [0.25, 0.3) is 16.6 Å². The molecule has 0 saturated heterocycles. The Kier molecular flexibility index (Phi) is 2.82. The largest absolute Gasteiger partial charge is 0.314 e. The van der Waals surface area contributed by atoms with Crippen LogP contribution in [0.3, 0.4) is 0 Å². The molecule has 0 amide bonds. The number of aromatic nitrogens is 4. The fourth-order valence-corrected chi connectivity index (χ4v) is 3.16. The first kappa shape index (κ1) is 12.3. The van der Waals surface area contributed by atoms with Crippen LogP contribution in [0.4, 0.5) is 0 Å². The van der Waals surface area contributed by atoms with E-state index >= 15 is 0 Å². The van der Waals surface area contributed by atoms with Gasteiger partial charge < -0.3 is 4.57 Å². The van der Waals surface area contributed by atoms with Crippen LogP contribution in [0.1, 0.15) is 4.88 Å². The minimum Gasteiger partial charge on any atom is -0.314 e. The summed E-state index contributed by atoms with van der Waals surface area (Å²) in [6.07, 6.45) is 6.01. The second kappa shape index (κ2) is 4.82. The van der Waals surface area contributed by atoms with Gasteiger partial charge in [0, 0.05) is 29.9 Å². The Labute approximate surface area is 124 Å². The summed E-state index contributed by atoms with van der Waals surface area (Å²) < 4.78 is 3.43. The molecule has 4 aromatic rings. The Hall–Kier alpha value is -2.47. The zero-order valence-electron chi connectivity index (χ0n) is 11.1. The summed E-state index contributed by atoms with van der Waals surface area (Å²) in [4.78, 5) is 18.1. The molecule has 21 heavy (non-hydrogen) atoms. The number of hydrogen-bond acceptors (Lipinski definition) is 4. The van der Waals surface area contributed by atoms with E-state index in [1.54, 1.807) is 32.8 Å². The second-order valence-corrected chi connectivity index (χ2v) is 5.83. The smallest absolute Gasteiger partial charge is 0.261 e. The zero-order chi connectivity index (χ0) is 14.2. The third kappa shape index (κ3) is 2.04. The molecule has 4 aromatic heterocycles. The van der Waals surface area contributed by atoms with E-state index < -0.39 is 0 Å². The number of rotatable bonds is 3. The molecular weight excluding hydrogens is 284 g/mol. The van der Waals surface area contributed by atoms with Gasteiger partial charge in [0.2, 0.25) is 0 Å². The molecule has 0 spiro atoms. The van der Waals surface area contributed by atoms with Gasteiger partial charge in [0.15, 0.2) is 5.65 Å². The van der Waals surface area contributed by atoms with Crippen LogP contribution in [0.15, 0.2) is 53.0 Å². The third-order valence-electron chi connectivity index (χ3n) is 3.54. The molecule has 0 fully saturated rings. The van der Waals surface area contributed by atoms with Crippen molar-refractivity contribution in [2.24, 2.45) is 0 Å². The second-order valence-electron chi connectivity index (χ2n) is 4.80. The van der Waals surface area contributed by atoms with Gasteiger partial charge in [-0.25, -0.2) is 9.50 Å². The molecule has 0 aliphatic rings. The molecule has 0 aliphatic heterocycles. The third-order valence-corrected chi connectivity index (χ3v) is 4.47. The van der Waals surface area contributed by atoms with Crippen LogP contribution >= 0.6 is 11.3 Å². The SMILES string of the molecule is O=c1c2cnc3ccnn3c2ccn1CCc1cccs1. The van der Waals surface area contributed by atoms with E-state index in [1.165, 1.54) is 4.88 Å². The van der Waals surface area contributed by atoms with Crippen molar-refractivity contribution in [3.05, 3.63) is 63.5 Å². The van der Waals surface area contributed by atoms with Crippen LogP contribution in [0, 0.1) is 0 Å². The maximum atomic E-state index is 12.5. The van der Waals surface area contributed by atoms with Crippen molar-refractivity contribution in [2.45, 2.75) is 13.0 Å². The van der Waals surface area contributed by atoms with Crippen LogP contribution in [-0.2, 0) is 13.0 Å². The summed E-state index contributed by atoms with van der Waals surface area (Å²) in [6, 6.07) is 7.86. The summed E-state index contributed by atoms with van der Waals surface area (Å²) in [5.41, 5.74) is 1.52. The number of aryl methyl sites for hydroxylation is 2. The number of fused-ring (bicyclic) bond motifs is 3. The normalized spacial score (nSPS) is 11.4. The molecule has 104 valence electrons. The van der Waals surface area contributed by atoms with Crippen molar-refractivity contribution >= 4 is 27.9 Å². The lowest BCUT2D eigenvalue weighted by Gasteiger charge is -2.07. The number of thiophene rings is 1. The van der Waals surface area contributed by atoms with E-state index in [0.29, 0.717) is 11.9 Å². The Morgan fingerprint density at radius 1 is 1.24 bits per heavy atom. The van der Waals surface area contributed by atoms with Gasteiger partial charge in [-0.3, -0.25) is 4.79 Å². The monoisotopic (exact) mass is 296 g/mol. The fourth-order valence-electron chi connectivity index (χ4n) is 2.46. The zero-order valence-corrected chi connectivity index (χ0v) is 12.0. The predicted octanol–water partition coefficient (Wildman–Crippen LogP) is 2.35. The van der Waals surface area contributed by atoms with Crippen molar-refractivity contribution in [3.63, 3.8) is 0 Å². The molecule has 0 radical (unpaired) electrons. The summed E-state index contributed by atoms with van der Waals surface area (Å²) >= 11 is 1.71. The number of pyridine rings is 1. The molecule has 4 rings (SSSR count). The molecule has 0 aromatic carbocycles. The van der Waals surface area contributed by atoms with Gasteiger partial charge in [0.25, 0.3) is 5.56 Å². The Bertz CT molecular complexity index is 968. The highest BCUT2D eigenvalue weighted by Gasteiger charge is 2.07. The quantitative estimate of drug-likeness (QED) is 0.583. The van der Waals surface area contributed by atoms with E-state index in [4.69, 9.17) is 0 Å². The van der Waals surface area contributed by atoms with Crippen molar-refractivity contribution in [1.82, 2.24) is 19.2 Å². The Balaban J connectivity index is 1.79. The molecule has 0 aliphatic carbocycles. The van der Waals surface area contributed by atoms with E-state index in [2.05, 4.69) is 21.5 Å². The summed E-state index contributed by atoms with van der Waals surface area (Å²) in [6.45, 7) is 0.673. The van der Waals surface area contributed by atoms with Crippen LogP contribution in [0.2, 0.25) is 0 Å². The lowest BCUT2D eigenvalue weighted by molar-refractivity contribution is 0.679. The van der Waals surface area contributed by atoms with Crippen molar-refractivity contribution in [1.29, 1.82) is 0 Å². The summed E-state index contributed by atoms with van der Waals surface area (Å²) in [5.74, 6) is 0. The van der Waals surface area contributed by atoms with Crippen LogP contribution < -0.4 is 5.56 Å². The highest BCUT2D eigenvalue weighted by atomic mass is 32.1. The van der Waals surface area contributed by atoms with E-state index in [9.17, 15) is 4.79 Å². The standard InChI is InChI=1S/C15H12N4OS/c20-15-12-10-16-14-3-6-17-19(14)13(12)5-8-18(15)7-4-11-2-1-9-21-11/h1-3,5-6,8-10H,4,7H2. The molecule has 0 N–H and O–H groups in total. The Morgan fingerprint density at radius 2 is 2.19 bits per heavy atom. The average molecular weight is 296 g/mol. The fraction of sp³-hybridized carbons (Fsp3) is 0.133. The van der Waals surface area contributed by atoms with Gasteiger partial charge in [-0.2, -0.15) is 5.10 Å². The van der Waals surface area contributed by atoms with Gasteiger partial charge in [-0.05, 0) is 23.9 Å². The summed E-state index contributed by atoms with van der Waals surface area (Å²) in [5, 5.41) is 6.86. The average Bonchev–Trinajstić information content (AvgIpc) is 3.17. The van der Waals surface area contributed by atoms with Gasteiger partial charge in [0.1, 0.15) is 0 Å². The topological polar surface area (TPSA) is 52.2 Å². The van der Waals surface area contributed by atoms with Gasteiger partial charge in [0.05, 0.1) is 17.1 Å². The van der Waals surface area contributed by atoms with Gasteiger partial charge in [-0.1, -0.05) is 6.07 Å². The number of hydrogen-bond donors (Lipinski definition) is 0. The Morgan fingerprint density at radius 3 is 3.05 bits per heavy atom. The molecule has 4 heterocycles. The molecule has 5 nitrogen and oxygen atoms in total. The van der Waals surface area contributed by atoms with Crippen molar-refractivity contribution in [3.8, 4) is 0 Å². The van der Waals surface area contributed by atoms with E-state index in [-0.39, 0.29) is 5.56 Å². The molecule has 0 atom stereocenters. The molecule has 0 bridgehead atoms. The number of nitrogens with zero attached hydrogens (tertiary/aromatic N) is 4. The maximum absolute atomic E-state index is 12.5. The lowest BCUT2D eigenvalue weighted by atomic mass is 10.3. The lowest BCUT2D eigenvalue weighted by Crippen LogP contribution is -2.21. The van der Waals surface area contributed by atoms with Gasteiger partial charge in [-0.15, -0.1) is 11.3 Å². The molecule has 0 unspecified atom stereocenters. The first-order chi connectivity index (χ1) is 10.3. The first-order valence-corrected chi connectivity index (χ1v) is 7.55. The predicted molar refractivity (Wildman–Crippen MR) is 82.8 cm³/mol. The maximum Gasteiger partial charge on any atom is 0.261 e. The summed E-state index contributed by atoms with van der Waals surface area (Å²) in [7, 11) is 0. The van der Waals surface area contributed by atoms with Crippen LogP contribution in [0.5, 0.6) is 0 Å². The highest BCUT2D eigenvalue weighted by Crippen LogP contribution is 2.12. The van der Waals surface area contributed by atoms with Gasteiger partial charge >= 0.3 is 0 Å². The van der Waals surface area contributed by atoms with Crippen LogP contribution in [-0.4, -0.2) is 19.2 Å². The molecule has 0 saturated carbocycles.